The molecule has 0 bridgehead atoms. The number of halogens is 1. The van der Waals surface area contributed by atoms with E-state index < -0.39 is 27.5 Å². The average Bonchev–Trinajstić information content (AvgIpc) is 2.74. The maximum atomic E-state index is 12.6. The van der Waals surface area contributed by atoms with Crippen molar-refractivity contribution in [3.05, 3.63) is 57.1 Å². The molecule has 3 rings (SSSR count). The summed E-state index contributed by atoms with van der Waals surface area (Å²) in [4.78, 5) is 22.6. The Bertz CT molecular complexity index is 1120. The van der Waals surface area contributed by atoms with Crippen LogP contribution in [-0.2, 0) is 14.8 Å². The molecule has 1 amide bonds. The van der Waals surface area contributed by atoms with Gasteiger partial charge in [0.05, 0.1) is 20.5 Å². The second-order valence-corrected chi connectivity index (χ2v) is 9.76. The number of nitrogens with zero attached hydrogens (tertiary/aromatic N) is 1. The molecule has 1 saturated carbocycles. The van der Waals surface area contributed by atoms with Gasteiger partial charge in [0.15, 0.2) is 6.61 Å². The number of hydrogen-bond donors (Lipinski definition) is 2. The van der Waals surface area contributed by atoms with Crippen molar-refractivity contribution in [2.45, 2.75) is 50.0 Å². The number of nitrogens with one attached hydrogen (secondary N) is 2. The highest BCUT2D eigenvalue weighted by molar-refractivity contribution is 7.89. The summed E-state index contributed by atoms with van der Waals surface area (Å²) in [5.41, 5.74) is 0.810. The minimum atomic E-state index is -3.71. The van der Waals surface area contributed by atoms with Crippen LogP contribution in [-0.4, -0.2) is 31.9 Å². The van der Waals surface area contributed by atoms with Crippen molar-refractivity contribution in [1.82, 2.24) is 4.72 Å². The molecule has 0 aromatic heterocycles. The van der Waals surface area contributed by atoms with Gasteiger partial charge in [-0.15, -0.1) is 0 Å². The van der Waals surface area contributed by atoms with Crippen molar-refractivity contribution >= 4 is 38.9 Å². The molecule has 0 radical (unpaired) electrons. The van der Waals surface area contributed by atoms with E-state index in [1.165, 1.54) is 36.4 Å². The molecule has 0 saturated heterocycles. The predicted octanol–water partition coefficient (Wildman–Crippen LogP) is 4.19. The van der Waals surface area contributed by atoms with E-state index in [-0.39, 0.29) is 27.4 Å². The number of nitro benzene ring substituents is 1. The zero-order valence-electron chi connectivity index (χ0n) is 17.5. The molecular formula is C21H24ClN3O6S. The summed E-state index contributed by atoms with van der Waals surface area (Å²) in [5, 5.41) is 13.5. The number of benzene rings is 2. The molecule has 1 aliphatic rings. The van der Waals surface area contributed by atoms with Crippen molar-refractivity contribution in [1.29, 1.82) is 0 Å². The van der Waals surface area contributed by atoms with Gasteiger partial charge < -0.3 is 10.1 Å². The highest BCUT2D eigenvalue weighted by atomic mass is 35.5. The third kappa shape index (κ3) is 6.18. The number of carbonyl (C=O) groups is 1. The largest absolute Gasteiger partial charge is 0.482 e. The number of non-ortho nitro benzene ring substituents is 1. The fourth-order valence-corrected chi connectivity index (χ4v) is 5.09. The van der Waals surface area contributed by atoms with E-state index in [2.05, 4.69) is 10.0 Å². The minimum Gasteiger partial charge on any atom is -0.482 e. The summed E-state index contributed by atoms with van der Waals surface area (Å²) < 4.78 is 33.4. The molecule has 0 heterocycles. The van der Waals surface area contributed by atoms with Crippen LogP contribution in [0.15, 0.2) is 41.3 Å². The van der Waals surface area contributed by atoms with Crippen LogP contribution in [0.1, 0.15) is 37.7 Å². The Balaban J connectivity index is 1.62. The first-order valence-corrected chi connectivity index (χ1v) is 12.0. The molecule has 172 valence electrons. The van der Waals surface area contributed by atoms with Crippen molar-refractivity contribution < 1.29 is 22.9 Å². The number of nitro groups is 1. The standard InChI is InChI=1S/C21H24ClN3O6S/c1-14-7-8-16(25(27)28)11-19(14)23-21(26)13-31-20-10-9-17(12-18(20)22)32(29,30)24-15-5-3-2-4-6-15/h7-12,15,24H,2-6,13H2,1H3,(H,23,26). The first-order valence-electron chi connectivity index (χ1n) is 10.2. The Labute approximate surface area is 191 Å². The van der Waals surface area contributed by atoms with E-state index in [0.29, 0.717) is 11.3 Å². The third-order valence-electron chi connectivity index (χ3n) is 5.21. The smallest absolute Gasteiger partial charge is 0.271 e. The molecule has 0 atom stereocenters. The first kappa shape index (κ1) is 24.0. The molecule has 2 aromatic carbocycles. The maximum absolute atomic E-state index is 12.6. The highest BCUT2D eigenvalue weighted by Gasteiger charge is 2.23. The van der Waals surface area contributed by atoms with Gasteiger partial charge in [-0.3, -0.25) is 14.9 Å². The minimum absolute atomic E-state index is 0.0251. The van der Waals surface area contributed by atoms with E-state index >= 15 is 0 Å². The number of amides is 1. The van der Waals surface area contributed by atoms with Crippen LogP contribution in [0.4, 0.5) is 11.4 Å². The van der Waals surface area contributed by atoms with Gasteiger partial charge in [0.25, 0.3) is 11.6 Å². The van der Waals surface area contributed by atoms with E-state index in [4.69, 9.17) is 16.3 Å². The maximum Gasteiger partial charge on any atom is 0.271 e. The summed E-state index contributed by atoms with van der Waals surface area (Å²) >= 11 is 6.18. The molecule has 0 unspecified atom stereocenters. The lowest BCUT2D eigenvalue weighted by atomic mass is 9.96. The molecule has 2 N–H and O–H groups in total. The van der Waals surface area contributed by atoms with Gasteiger partial charge in [-0.25, -0.2) is 13.1 Å². The zero-order chi connectivity index (χ0) is 23.3. The number of carbonyl (C=O) groups excluding carboxylic acids is 1. The summed E-state index contributed by atoms with van der Waals surface area (Å²) in [5.74, 6) is -0.394. The van der Waals surface area contributed by atoms with Crippen molar-refractivity contribution in [2.24, 2.45) is 0 Å². The number of aryl methyl sites for hydroxylation is 1. The van der Waals surface area contributed by atoms with Crippen molar-refractivity contribution in [2.75, 3.05) is 11.9 Å². The zero-order valence-corrected chi connectivity index (χ0v) is 19.0. The number of ether oxygens (including phenoxy) is 1. The monoisotopic (exact) mass is 481 g/mol. The van der Waals surface area contributed by atoms with E-state index in [9.17, 15) is 23.3 Å². The summed E-state index contributed by atoms with van der Waals surface area (Å²) in [7, 11) is -3.71. The molecule has 0 spiro atoms. The lowest BCUT2D eigenvalue weighted by molar-refractivity contribution is -0.384. The van der Waals surface area contributed by atoms with Crippen LogP contribution in [0.5, 0.6) is 5.75 Å². The van der Waals surface area contributed by atoms with Crippen molar-refractivity contribution in [3.63, 3.8) is 0 Å². The molecule has 9 nitrogen and oxygen atoms in total. The lowest BCUT2D eigenvalue weighted by Gasteiger charge is -2.22. The Hall–Kier alpha value is -2.69. The fourth-order valence-electron chi connectivity index (χ4n) is 3.46. The highest BCUT2D eigenvalue weighted by Crippen LogP contribution is 2.28. The Kier molecular flexibility index (Phi) is 7.70. The third-order valence-corrected chi connectivity index (χ3v) is 7.02. The van der Waals surface area contributed by atoms with Gasteiger partial charge >= 0.3 is 0 Å². The van der Waals surface area contributed by atoms with Crippen LogP contribution in [0.25, 0.3) is 0 Å². The Morgan fingerprint density at radius 3 is 2.56 bits per heavy atom. The number of hydrogen-bond acceptors (Lipinski definition) is 6. The van der Waals surface area contributed by atoms with Crippen LogP contribution >= 0.6 is 11.6 Å². The van der Waals surface area contributed by atoms with E-state index in [1.54, 1.807) is 6.92 Å². The van der Waals surface area contributed by atoms with E-state index in [1.807, 2.05) is 0 Å². The lowest BCUT2D eigenvalue weighted by Crippen LogP contribution is -2.36. The molecule has 2 aromatic rings. The summed E-state index contributed by atoms with van der Waals surface area (Å²) in [6.07, 6.45) is 4.74. The Morgan fingerprint density at radius 1 is 1.19 bits per heavy atom. The molecule has 1 fully saturated rings. The van der Waals surface area contributed by atoms with Gasteiger partial charge in [0.2, 0.25) is 10.0 Å². The topological polar surface area (TPSA) is 128 Å². The molecule has 0 aliphatic heterocycles. The van der Waals surface area contributed by atoms with Crippen molar-refractivity contribution in [3.8, 4) is 5.75 Å². The van der Waals surface area contributed by atoms with E-state index in [0.717, 1.165) is 32.1 Å². The summed E-state index contributed by atoms with van der Waals surface area (Å²) in [6, 6.07) is 8.11. The van der Waals surface area contributed by atoms with Gasteiger partial charge in [0.1, 0.15) is 5.75 Å². The number of rotatable bonds is 8. The number of sulfonamides is 1. The second kappa shape index (κ2) is 10.3. The second-order valence-electron chi connectivity index (χ2n) is 7.64. The van der Waals surface area contributed by atoms with Gasteiger partial charge in [-0.05, 0) is 43.5 Å². The van der Waals surface area contributed by atoms with Gasteiger partial charge in [-0.1, -0.05) is 36.9 Å². The fraction of sp³-hybridized carbons (Fsp3) is 0.381. The predicted molar refractivity (Wildman–Crippen MR) is 121 cm³/mol. The molecular weight excluding hydrogens is 458 g/mol. The SMILES string of the molecule is Cc1ccc([N+](=O)[O-])cc1NC(=O)COc1ccc(S(=O)(=O)NC2CCCCC2)cc1Cl. The first-order chi connectivity index (χ1) is 15.2. The van der Waals surface area contributed by atoms with Crippen LogP contribution < -0.4 is 14.8 Å². The summed E-state index contributed by atoms with van der Waals surface area (Å²) in [6.45, 7) is 1.30. The van der Waals surface area contributed by atoms with Crippen LogP contribution in [0, 0.1) is 17.0 Å². The Morgan fingerprint density at radius 2 is 1.91 bits per heavy atom. The van der Waals surface area contributed by atoms with Crippen LogP contribution in [0.3, 0.4) is 0 Å². The van der Waals surface area contributed by atoms with Crippen LogP contribution in [0.2, 0.25) is 5.02 Å². The molecule has 32 heavy (non-hydrogen) atoms. The normalized spacial score (nSPS) is 14.7. The quantitative estimate of drug-likeness (QED) is 0.430. The van der Waals surface area contributed by atoms with Gasteiger partial charge in [0, 0.05) is 18.2 Å². The average molecular weight is 482 g/mol. The van der Waals surface area contributed by atoms with Gasteiger partial charge in [-0.2, -0.15) is 0 Å². The molecule has 11 heteroatoms. The number of anilines is 1. The molecule has 1 aliphatic carbocycles.